The Balaban J connectivity index is 0. The highest BCUT2D eigenvalue weighted by molar-refractivity contribution is 6.50. The fourth-order valence-corrected chi connectivity index (χ4v) is 0. The van der Waals surface area contributed by atoms with E-state index in [2.05, 4.69) is 6.58 Å². The van der Waals surface area contributed by atoms with E-state index in [4.69, 9.17) is 5.73 Å². The monoisotopic (exact) mass is 160 g/mol. The van der Waals surface area contributed by atoms with Crippen LogP contribution in [0.2, 0.25) is 0 Å². The van der Waals surface area contributed by atoms with Crippen molar-refractivity contribution in [1.29, 1.82) is 0 Å². The van der Waals surface area contributed by atoms with E-state index in [9.17, 15) is 17.3 Å². The van der Waals surface area contributed by atoms with E-state index < -0.39 is 7.25 Å². The average molecular weight is 160 g/mol. The maximum Gasteiger partial charge on any atom is 0.673 e. The molecule has 10 heavy (non-hydrogen) atoms. The van der Waals surface area contributed by atoms with Crippen molar-refractivity contribution in [1.82, 2.24) is 0 Å². The number of hydrogen-bond donors (Lipinski definition) is 2. The van der Waals surface area contributed by atoms with Crippen LogP contribution in [0.5, 0.6) is 0 Å². The second kappa shape index (κ2) is 5.10. The Labute approximate surface area is 56.2 Å². The summed E-state index contributed by atoms with van der Waals surface area (Å²) in [6.07, 6.45) is 0. The van der Waals surface area contributed by atoms with Gasteiger partial charge < -0.3 is 28.3 Å². The minimum absolute atomic E-state index is 0.630. The lowest BCUT2D eigenvalue weighted by Gasteiger charge is -1.94. The van der Waals surface area contributed by atoms with Crippen molar-refractivity contribution in [3.05, 3.63) is 12.4 Å². The Morgan fingerprint density at radius 3 is 1.50 bits per heavy atom. The molecule has 0 amide bonds. The molecular weight excluding hydrogens is 151 g/mol. The maximum absolute atomic E-state index is 9.75. The molecule has 0 aliphatic carbocycles. The van der Waals surface area contributed by atoms with Gasteiger partial charge in [0.05, 0.1) is 7.05 Å². The van der Waals surface area contributed by atoms with Crippen LogP contribution in [0.25, 0.3) is 0 Å². The SMILES string of the molecule is C=C(N)[NH2+]C.F[B-](F)(F)F. The van der Waals surface area contributed by atoms with Gasteiger partial charge in [-0.25, -0.2) is 0 Å². The summed E-state index contributed by atoms with van der Waals surface area (Å²) in [6, 6.07) is 0. The Morgan fingerprint density at radius 2 is 1.50 bits per heavy atom. The van der Waals surface area contributed by atoms with Gasteiger partial charge in [0.1, 0.15) is 0 Å². The van der Waals surface area contributed by atoms with Gasteiger partial charge >= 0.3 is 7.25 Å². The van der Waals surface area contributed by atoms with E-state index >= 15 is 0 Å². The van der Waals surface area contributed by atoms with E-state index in [1.165, 1.54) is 0 Å². The molecule has 0 unspecified atom stereocenters. The molecule has 0 spiro atoms. The first-order valence-electron chi connectivity index (χ1n) is 2.38. The van der Waals surface area contributed by atoms with Crippen LogP contribution in [-0.2, 0) is 0 Å². The molecule has 0 radical (unpaired) electrons. The molecule has 62 valence electrons. The Morgan fingerprint density at radius 1 is 1.40 bits per heavy atom. The van der Waals surface area contributed by atoms with Gasteiger partial charge in [0.25, 0.3) is 0 Å². The first-order chi connectivity index (χ1) is 4.27. The number of quaternary nitrogens is 1. The zero-order valence-electron chi connectivity index (χ0n) is 5.45. The lowest BCUT2D eigenvalue weighted by Crippen LogP contribution is -2.79. The van der Waals surface area contributed by atoms with Gasteiger partial charge in [0, 0.05) is 0 Å². The number of rotatable bonds is 1. The zero-order chi connectivity index (χ0) is 8.78. The van der Waals surface area contributed by atoms with Crippen molar-refractivity contribution in [2.24, 2.45) is 5.73 Å². The summed E-state index contributed by atoms with van der Waals surface area (Å²) in [4.78, 5) is 0. The van der Waals surface area contributed by atoms with Gasteiger partial charge in [0.15, 0.2) is 5.82 Å². The van der Waals surface area contributed by atoms with Crippen LogP contribution in [0, 0.1) is 0 Å². The predicted octanol–water partition coefficient (Wildman–Crippen LogP) is -0.0905. The van der Waals surface area contributed by atoms with Crippen LogP contribution >= 0.6 is 0 Å². The van der Waals surface area contributed by atoms with Crippen molar-refractivity contribution >= 4 is 7.25 Å². The van der Waals surface area contributed by atoms with E-state index in [-0.39, 0.29) is 0 Å². The highest BCUT2D eigenvalue weighted by Crippen LogP contribution is 2.06. The Bertz CT molecular complexity index is 95.2. The van der Waals surface area contributed by atoms with Crippen molar-refractivity contribution in [2.75, 3.05) is 7.05 Å². The third-order valence-electron chi connectivity index (χ3n) is 0.371. The Hall–Kier alpha value is -0.715. The summed E-state index contributed by atoms with van der Waals surface area (Å²) in [5.74, 6) is 0.630. The molecule has 0 aliphatic rings. The standard InChI is InChI=1S/C3H8N2.BF4/c1-3(4)5-2;2-1(3,4)5/h5H,1,4H2,2H3;/q;-1/p+1. The van der Waals surface area contributed by atoms with Crippen molar-refractivity contribution < 1.29 is 22.6 Å². The maximum atomic E-state index is 9.75. The first kappa shape index (κ1) is 12.0. The molecule has 0 atom stereocenters. The summed E-state index contributed by atoms with van der Waals surface area (Å²) in [5.41, 5.74) is 5.04. The van der Waals surface area contributed by atoms with Crippen LogP contribution in [0.4, 0.5) is 17.3 Å². The lowest BCUT2D eigenvalue weighted by atomic mass is 10.3. The van der Waals surface area contributed by atoms with E-state index in [0.29, 0.717) is 5.82 Å². The number of hydrogen-bond acceptors (Lipinski definition) is 1. The second-order valence-corrected chi connectivity index (χ2v) is 1.36. The van der Waals surface area contributed by atoms with Gasteiger partial charge in [-0.1, -0.05) is 0 Å². The molecule has 0 aromatic carbocycles. The van der Waals surface area contributed by atoms with Crippen LogP contribution in [-0.4, -0.2) is 14.3 Å². The zero-order valence-corrected chi connectivity index (χ0v) is 5.45. The number of halogens is 4. The smallest absolute Gasteiger partial charge is 0.418 e. The van der Waals surface area contributed by atoms with Crippen molar-refractivity contribution in [3.8, 4) is 0 Å². The molecule has 0 rings (SSSR count). The van der Waals surface area contributed by atoms with Gasteiger partial charge in [-0.15, -0.1) is 0 Å². The molecular formula is C3H9BF4N2. The van der Waals surface area contributed by atoms with Gasteiger partial charge in [-0.3, -0.25) is 0 Å². The van der Waals surface area contributed by atoms with E-state index in [1.807, 2.05) is 7.05 Å². The molecule has 0 bridgehead atoms. The van der Waals surface area contributed by atoms with E-state index in [0.717, 1.165) is 0 Å². The molecule has 0 saturated carbocycles. The normalized spacial score (nSPS) is 9.70. The van der Waals surface area contributed by atoms with Gasteiger partial charge in [-0.05, 0) is 6.58 Å². The fourth-order valence-electron chi connectivity index (χ4n) is 0. The molecule has 0 aromatic heterocycles. The average Bonchev–Trinajstić information content (AvgIpc) is 1.61. The largest absolute Gasteiger partial charge is 0.673 e. The van der Waals surface area contributed by atoms with Crippen LogP contribution in [0.1, 0.15) is 0 Å². The molecule has 0 aliphatic heterocycles. The summed E-state index contributed by atoms with van der Waals surface area (Å²) in [5, 5.41) is 1.75. The topological polar surface area (TPSA) is 42.6 Å². The minimum Gasteiger partial charge on any atom is -0.418 e. The molecule has 4 N–H and O–H groups in total. The summed E-state index contributed by atoms with van der Waals surface area (Å²) >= 11 is 0. The minimum atomic E-state index is -6.00. The highest BCUT2D eigenvalue weighted by Gasteiger charge is 2.20. The van der Waals surface area contributed by atoms with Crippen LogP contribution in [0.3, 0.4) is 0 Å². The first-order valence-corrected chi connectivity index (χ1v) is 2.38. The lowest BCUT2D eigenvalue weighted by molar-refractivity contribution is -0.577. The number of nitrogens with two attached hydrogens (primary N) is 2. The molecule has 0 saturated heterocycles. The molecule has 0 fully saturated rings. The fraction of sp³-hybridized carbons (Fsp3) is 0.333. The molecule has 2 nitrogen and oxygen atoms in total. The van der Waals surface area contributed by atoms with Crippen LogP contribution < -0.4 is 11.1 Å². The van der Waals surface area contributed by atoms with Crippen LogP contribution in [0.15, 0.2) is 12.4 Å². The molecule has 0 aromatic rings. The van der Waals surface area contributed by atoms with Crippen molar-refractivity contribution in [3.63, 3.8) is 0 Å². The summed E-state index contributed by atoms with van der Waals surface area (Å²) in [7, 11) is -4.15. The second-order valence-electron chi connectivity index (χ2n) is 1.36. The van der Waals surface area contributed by atoms with Crippen molar-refractivity contribution in [2.45, 2.75) is 0 Å². The molecule has 7 heteroatoms. The highest BCUT2D eigenvalue weighted by atomic mass is 19.5. The van der Waals surface area contributed by atoms with Gasteiger partial charge in [-0.2, -0.15) is 0 Å². The summed E-state index contributed by atoms with van der Waals surface area (Å²) in [6.45, 7) is 3.40. The summed E-state index contributed by atoms with van der Waals surface area (Å²) < 4.78 is 39.0. The Kier molecular flexibility index (Phi) is 6.12. The van der Waals surface area contributed by atoms with E-state index in [1.54, 1.807) is 5.32 Å². The third kappa shape index (κ3) is 174. The predicted molar refractivity (Wildman–Crippen MR) is 31.4 cm³/mol. The van der Waals surface area contributed by atoms with Gasteiger partial charge in [0.2, 0.25) is 0 Å². The quantitative estimate of drug-likeness (QED) is 0.408. The third-order valence-corrected chi connectivity index (χ3v) is 0.371. The molecule has 0 heterocycles.